The summed E-state index contributed by atoms with van der Waals surface area (Å²) in [4.78, 5) is 0. The number of halogens is 1. The molecule has 0 aliphatic carbocycles. The van der Waals surface area contributed by atoms with E-state index in [-0.39, 0.29) is 0 Å². The van der Waals surface area contributed by atoms with Crippen LogP contribution in [-0.2, 0) is 0 Å². The molecule has 292 valence electrons. The molecule has 11 rings (SSSR count). The standard InChI is InChI=1S/C24H17NS.C12H7BrS.C12H11N.C7H8/c1-2-6-17(7-3-1)18-10-12-19(13-11-18)25-20-14-15-22-21-8-4-5-9-23(21)26-24(22)16-20;13-8-5-6-10-9-3-1-2-4-11(9)14-12(10)7-8;13-12-8-6-11(7-9-12)10-4-2-1-3-5-10;1-7-5-3-2-4-6-7/h1-16,25H;1-7H;1-9H,13H2;2-6H,1H3. The molecule has 11 aromatic rings. The topological polar surface area (TPSA) is 38.0 Å². The van der Waals surface area contributed by atoms with Gasteiger partial charge in [0.05, 0.1) is 0 Å². The van der Waals surface area contributed by atoms with Crippen LogP contribution in [-0.4, -0.2) is 0 Å². The van der Waals surface area contributed by atoms with E-state index < -0.39 is 0 Å². The molecule has 0 spiro atoms. The van der Waals surface area contributed by atoms with E-state index in [1.807, 2.05) is 89.4 Å². The molecular weight excluding hydrogens is 833 g/mol. The number of fused-ring (bicyclic) bond motifs is 6. The van der Waals surface area contributed by atoms with Crippen LogP contribution in [0, 0.1) is 6.92 Å². The quantitative estimate of drug-likeness (QED) is 0.173. The van der Waals surface area contributed by atoms with Crippen molar-refractivity contribution in [2.75, 3.05) is 11.1 Å². The van der Waals surface area contributed by atoms with Crippen LogP contribution in [0.3, 0.4) is 0 Å². The van der Waals surface area contributed by atoms with E-state index in [0.717, 1.165) is 21.5 Å². The van der Waals surface area contributed by atoms with Gasteiger partial charge in [0.2, 0.25) is 0 Å². The van der Waals surface area contributed by atoms with E-state index in [0.29, 0.717) is 0 Å². The lowest BCUT2D eigenvalue weighted by atomic mass is 10.1. The normalized spacial score (nSPS) is 10.6. The number of benzene rings is 9. The molecule has 0 unspecified atom stereocenters. The number of rotatable bonds is 4. The zero-order valence-electron chi connectivity index (χ0n) is 33.1. The van der Waals surface area contributed by atoms with Crippen LogP contribution in [0.4, 0.5) is 17.1 Å². The molecule has 0 radical (unpaired) electrons. The summed E-state index contributed by atoms with van der Waals surface area (Å²) in [5, 5.41) is 8.91. The molecule has 0 aliphatic heterocycles. The average Bonchev–Trinajstić information content (AvgIpc) is 3.86. The van der Waals surface area contributed by atoms with Gasteiger partial charge in [-0.2, -0.15) is 0 Å². The van der Waals surface area contributed by atoms with Crippen molar-refractivity contribution in [2.45, 2.75) is 6.92 Å². The molecule has 3 N–H and O–H groups in total. The minimum atomic E-state index is 0.805. The van der Waals surface area contributed by atoms with E-state index in [2.05, 4.69) is 186 Å². The molecule has 0 atom stereocenters. The van der Waals surface area contributed by atoms with Gasteiger partial charge in [-0.05, 0) is 89.8 Å². The first kappa shape index (κ1) is 40.3. The number of hydrogen-bond donors (Lipinski definition) is 2. The maximum Gasteiger partial charge on any atom is 0.0398 e. The zero-order valence-corrected chi connectivity index (χ0v) is 36.4. The average molecular weight is 876 g/mol. The summed E-state index contributed by atoms with van der Waals surface area (Å²) in [7, 11) is 0. The van der Waals surface area contributed by atoms with Crippen LogP contribution in [0.5, 0.6) is 0 Å². The van der Waals surface area contributed by atoms with Crippen LogP contribution < -0.4 is 11.1 Å². The molecule has 0 saturated carbocycles. The molecule has 5 heteroatoms. The number of nitrogens with one attached hydrogen (secondary N) is 1. The Morgan fingerprint density at radius 1 is 0.367 bits per heavy atom. The van der Waals surface area contributed by atoms with Crippen molar-refractivity contribution >= 4 is 96.0 Å². The van der Waals surface area contributed by atoms with Crippen LogP contribution in [0.2, 0.25) is 0 Å². The van der Waals surface area contributed by atoms with E-state index in [1.165, 1.54) is 68.2 Å². The highest BCUT2D eigenvalue weighted by Gasteiger charge is 2.06. The van der Waals surface area contributed by atoms with Crippen molar-refractivity contribution in [3.05, 3.63) is 234 Å². The highest BCUT2D eigenvalue weighted by Crippen LogP contribution is 2.37. The van der Waals surface area contributed by atoms with Gasteiger partial charge in [-0.15, -0.1) is 22.7 Å². The zero-order chi connectivity index (χ0) is 41.1. The second-order valence-electron chi connectivity index (χ2n) is 14.3. The van der Waals surface area contributed by atoms with Gasteiger partial charge >= 0.3 is 0 Å². The largest absolute Gasteiger partial charge is 0.399 e. The third-order valence-electron chi connectivity index (χ3n) is 9.96. The van der Waals surface area contributed by atoms with Gasteiger partial charge in [-0.1, -0.05) is 185 Å². The summed E-state index contributed by atoms with van der Waals surface area (Å²) in [5.41, 5.74) is 14.9. The lowest BCUT2D eigenvalue weighted by Crippen LogP contribution is -1.89. The maximum absolute atomic E-state index is 5.60. The van der Waals surface area contributed by atoms with Gasteiger partial charge in [-0.3, -0.25) is 0 Å². The molecule has 0 amide bonds. The molecule has 0 fully saturated rings. The van der Waals surface area contributed by atoms with E-state index in [9.17, 15) is 0 Å². The number of nitrogens with two attached hydrogens (primary N) is 1. The minimum Gasteiger partial charge on any atom is -0.399 e. The van der Waals surface area contributed by atoms with Crippen LogP contribution >= 0.6 is 38.6 Å². The first-order valence-corrected chi connectivity index (χ1v) is 22.2. The smallest absolute Gasteiger partial charge is 0.0398 e. The Hall–Kier alpha value is -6.50. The molecule has 9 aromatic carbocycles. The first-order valence-electron chi connectivity index (χ1n) is 19.8. The predicted octanol–water partition coefficient (Wildman–Crippen LogP) is 17.2. The lowest BCUT2D eigenvalue weighted by molar-refractivity contribution is 1.48. The van der Waals surface area contributed by atoms with Crippen molar-refractivity contribution in [1.29, 1.82) is 0 Å². The van der Waals surface area contributed by atoms with Gasteiger partial charge in [-0.25, -0.2) is 0 Å². The Morgan fingerprint density at radius 3 is 1.28 bits per heavy atom. The van der Waals surface area contributed by atoms with E-state index in [1.54, 1.807) is 0 Å². The Kier molecular flexibility index (Phi) is 13.1. The molecule has 0 bridgehead atoms. The van der Waals surface area contributed by atoms with Gasteiger partial charge in [0, 0.05) is 61.9 Å². The van der Waals surface area contributed by atoms with E-state index in [4.69, 9.17) is 5.73 Å². The summed E-state index contributed by atoms with van der Waals surface area (Å²) in [6.45, 7) is 2.08. The molecule has 2 aromatic heterocycles. The Labute approximate surface area is 368 Å². The Morgan fingerprint density at radius 2 is 0.767 bits per heavy atom. The molecule has 0 aliphatic rings. The van der Waals surface area contributed by atoms with Crippen LogP contribution in [0.25, 0.3) is 62.6 Å². The minimum absolute atomic E-state index is 0.805. The fraction of sp³-hybridized carbons (Fsp3) is 0.0182. The molecule has 2 heterocycles. The fourth-order valence-electron chi connectivity index (χ4n) is 6.89. The van der Waals surface area contributed by atoms with Crippen molar-refractivity contribution in [1.82, 2.24) is 0 Å². The maximum atomic E-state index is 5.60. The summed E-state index contributed by atoms with van der Waals surface area (Å²) in [6, 6.07) is 77.7. The SMILES string of the molecule is Brc1ccc2c(c1)sc1ccccc12.Cc1ccccc1.Nc1ccc(-c2ccccc2)cc1.c1ccc(-c2ccc(Nc3ccc4c(c3)sc3ccccc34)cc2)cc1. The number of anilines is 3. The number of aryl methyl sites for hydroxylation is 1. The predicted molar refractivity (Wildman–Crippen MR) is 269 cm³/mol. The second kappa shape index (κ2) is 19.5. The van der Waals surface area contributed by atoms with Crippen molar-refractivity contribution in [3.63, 3.8) is 0 Å². The molecule has 2 nitrogen and oxygen atoms in total. The van der Waals surface area contributed by atoms with Gasteiger partial charge in [0.15, 0.2) is 0 Å². The van der Waals surface area contributed by atoms with E-state index >= 15 is 0 Å². The number of nitrogen functional groups attached to an aromatic ring is 1. The van der Waals surface area contributed by atoms with Crippen molar-refractivity contribution < 1.29 is 0 Å². The second-order valence-corrected chi connectivity index (χ2v) is 17.3. The van der Waals surface area contributed by atoms with Gasteiger partial charge < -0.3 is 11.1 Å². The van der Waals surface area contributed by atoms with Gasteiger partial charge in [0.1, 0.15) is 0 Å². The summed E-state index contributed by atoms with van der Waals surface area (Å²) in [6.07, 6.45) is 0. The fourth-order valence-corrected chi connectivity index (χ4v) is 9.69. The highest BCUT2D eigenvalue weighted by atomic mass is 79.9. The summed E-state index contributed by atoms with van der Waals surface area (Å²) < 4.78 is 6.52. The Balaban J connectivity index is 0.000000124. The highest BCUT2D eigenvalue weighted by molar-refractivity contribution is 9.10. The van der Waals surface area contributed by atoms with Crippen LogP contribution in [0.15, 0.2) is 229 Å². The monoisotopic (exact) mass is 874 g/mol. The van der Waals surface area contributed by atoms with Gasteiger partial charge in [0.25, 0.3) is 0 Å². The summed E-state index contributed by atoms with van der Waals surface area (Å²) >= 11 is 7.19. The number of hydrogen-bond acceptors (Lipinski definition) is 4. The summed E-state index contributed by atoms with van der Waals surface area (Å²) in [5.74, 6) is 0. The van der Waals surface area contributed by atoms with Crippen LogP contribution in [0.1, 0.15) is 5.56 Å². The number of thiophene rings is 2. The first-order chi connectivity index (χ1) is 29.5. The third-order valence-corrected chi connectivity index (χ3v) is 12.7. The molecule has 60 heavy (non-hydrogen) atoms. The lowest BCUT2D eigenvalue weighted by Gasteiger charge is -2.08. The molecule has 0 saturated heterocycles. The van der Waals surface area contributed by atoms with Crippen molar-refractivity contribution in [3.8, 4) is 22.3 Å². The third kappa shape index (κ3) is 10.2. The molecular formula is C55H43BrN2S2. The Bertz CT molecular complexity index is 3070. The van der Waals surface area contributed by atoms with Crippen molar-refractivity contribution in [2.24, 2.45) is 0 Å².